The Hall–Kier alpha value is -2.04. The molecule has 0 spiro atoms. The molecule has 142 valence electrons. The summed E-state index contributed by atoms with van der Waals surface area (Å²) in [5.74, 6) is 1.91. The maximum Gasteiger partial charge on any atom is 0.119 e. The van der Waals surface area contributed by atoms with Crippen molar-refractivity contribution in [1.82, 2.24) is 10.6 Å². The number of unbranched alkanes of at least 4 members (excludes halogenated alkanes) is 3. The van der Waals surface area contributed by atoms with Crippen LogP contribution in [-0.4, -0.2) is 27.3 Å². The molecule has 0 aliphatic heterocycles. The van der Waals surface area contributed by atoms with Gasteiger partial charge in [-0.25, -0.2) is 0 Å². The third-order valence-corrected chi connectivity index (χ3v) is 4.18. The Morgan fingerprint density at radius 1 is 0.577 bits per heavy atom. The minimum Gasteiger partial charge on any atom is -0.494 e. The van der Waals surface area contributed by atoms with E-state index in [4.69, 9.17) is 9.47 Å². The van der Waals surface area contributed by atoms with E-state index in [0.717, 1.165) is 50.6 Å². The summed E-state index contributed by atoms with van der Waals surface area (Å²) in [5.41, 5.74) is 2.55. The fraction of sp³-hybridized carbons (Fsp3) is 0.455. The van der Waals surface area contributed by atoms with Crippen LogP contribution in [-0.2, 0) is 13.1 Å². The van der Waals surface area contributed by atoms with Gasteiger partial charge < -0.3 is 20.1 Å². The second kappa shape index (κ2) is 12.3. The third kappa shape index (κ3) is 7.89. The van der Waals surface area contributed by atoms with E-state index in [1.165, 1.54) is 24.0 Å². The monoisotopic (exact) mass is 356 g/mol. The van der Waals surface area contributed by atoms with E-state index in [1.807, 2.05) is 38.4 Å². The van der Waals surface area contributed by atoms with Crippen LogP contribution in [0.2, 0.25) is 0 Å². The van der Waals surface area contributed by atoms with Crippen molar-refractivity contribution in [3.63, 3.8) is 0 Å². The van der Waals surface area contributed by atoms with Gasteiger partial charge in [-0.3, -0.25) is 0 Å². The largest absolute Gasteiger partial charge is 0.494 e. The molecule has 0 aliphatic carbocycles. The molecular formula is C22H32N2O2. The summed E-state index contributed by atoms with van der Waals surface area (Å²) in [4.78, 5) is 0. The Labute approximate surface area is 157 Å². The lowest BCUT2D eigenvalue weighted by atomic mass is 10.2. The van der Waals surface area contributed by atoms with Crippen LogP contribution in [0.5, 0.6) is 11.5 Å². The van der Waals surface area contributed by atoms with Gasteiger partial charge in [0.1, 0.15) is 11.5 Å². The number of hydrogen-bond donors (Lipinski definition) is 2. The predicted octanol–water partition coefficient (Wildman–Crippen LogP) is 4.14. The highest BCUT2D eigenvalue weighted by atomic mass is 16.5. The van der Waals surface area contributed by atoms with E-state index < -0.39 is 0 Å². The molecule has 0 bridgehead atoms. The van der Waals surface area contributed by atoms with Gasteiger partial charge in [0, 0.05) is 13.1 Å². The van der Waals surface area contributed by atoms with Crippen molar-refractivity contribution in [2.24, 2.45) is 0 Å². The van der Waals surface area contributed by atoms with Gasteiger partial charge in [-0.2, -0.15) is 0 Å². The summed E-state index contributed by atoms with van der Waals surface area (Å²) in [6, 6.07) is 16.6. The highest BCUT2D eigenvalue weighted by molar-refractivity contribution is 5.27. The first-order valence-corrected chi connectivity index (χ1v) is 9.54. The molecule has 0 radical (unpaired) electrons. The topological polar surface area (TPSA) is 42.5 Å². The zero-order valence-corrected chi connectivity index (χ0v) is 16.1. The fourth-order valence-electron chi connectivity index (χ4n) is 2.75. The van der Waals surface area contributed by atoms with E-state index in [9.17, 15) is 0 Å². The van der Waals surface area contributed by atoms with Gasteiger partial charge in [-0.05, 0) is 75.2 Å². The number of hydrogen-bond acceptors (Lipinski definition) is 4. The molecule has 0 atom stereocenters. The first kappa shape index (κ1) is 20.3. The lowest BCUT2D eigenvalue weighted by Gasteiger charge is -2.08. The van der Waals surface area contributed by atoms with Crippen molar-refractivity contribution >= 4 is 0 Å². The third-order valence-electron chi connectivity index (χ3n) is 4.18. The predicted molar refractivity (Wildman–Crippen MR) is 108 cm³/mol. The van der Waals surface area contributed by atoms with E-state index in [0.29, 0.717) is 0 Å². The number of nitrogens with one attached hydrogen (secondary N) is 2. The van der Waals surface area contributed by atoms with Crippen LogP contribution >= 0.6 is 0 Å². The molecule has 2 N–H and O–H groups in total. The summed E-state index contributed by atoms with van der Waals surface area (Å²) in [6.07, 6.45) is 4.50. The quantitative estimate of drug-likeness (QED) is 0.529. The van der Waals surface area contributed by atoms with E-state index in [1.54, 1.807) is 0 Å². The standard InChI is InChI=1S/C22H32N2O2/c1-23-17-19-7-11-21(12-8-19)25-15-5-3-4-6-16-26-22-13-9-20(10-14-22)18-24-2/h7-14,23-24H,3-6,15-18H2,1-2H3. The molecule has 2 aromatic rings. The molecule has 4 nitrogen and oxygen atoms in total. The molecule has 2 rings (SSSR count). The van der Waals surface area contributed by atoms with E-state index in [-0.39, 0.29) is 0 Å². The molecular weight excluding hydrogens is 324 g/mol. The maximum atomic E-state index is 5.79. The Bertz CT molecular complexity index is 541. The molecule has 26 heavy (non-hydrogen) atoms. The Kier molecular flexibility index (Phi) is 9.62. The average molecular weight is 357 g/mol. The Balaban J connectivity index is 1.49. The minimum absolute atomic E-state index is 0.777. The van der Waals surface area contributed by atoms with Crippen molar-refractivity contribution < 1.29 is 9.47 Å². The van der Waals surface area contributed by atoms with Crippen molar-refractivity contribution in [3.8, 4) is 11.5 Å². The molecule has 0 saturated carbocycles. The van der Waals surface area contributed by atoms with Crippen molar-refractivity contribution in [1.29, 1.82) is 0 Å². The normalized spacial score (nSPS) is 10.7. The lowest BCUT2D eigenvalue weighted by molar-refractivity contribution is 0.287. The van der Waals surface area contributed by atoms with Gasteiger partial charge in [0.15, 0.2) is 0 Å². The van der Waals surface area contributed by atoms with Gasteiger partial charge in [0.25, 0.3) is 0 Å². The van der Waals surface area contributed by atoms with E-state index >= 15 is 0 Å². The van der Waals surface area contributed by atoms with Crippen LogP contribution in [0.1, 0.15) is 36.8 Å². The van der Waals surface area contributed by atoms with Gasteiger partial charge in [0.05, 0.1) is 13.2 Å². The summed E-state index contributed by atoms with van der Waals surface area (Å²) in [6.45, 7) is 3.34. The van der Waals surface area contributed by atoms with Crippen LogP contribution in [0, 0.1) is 0 Å². The second-order valence-corrected chi connectivity index (χ2v) is 6.46. The number of rotatable bonds is 13. The van der Waals surface area contributed by atoms with Crippen molar-refractivity contribution in [2.45, 2.75) is 38.8 Å². The maximum absolute atomic E-state index is 5.79. The van der Waals surface area contributed by atoms with Crippen LogP contribution in [0.4, 0.5) is 0 Å². The fourth-order valence-corrected chi connectivity index (χ4v) is 2.75. The van der Waals surface area contributed by atoms with Gasteiger partial charge in [0.2, 0.25) is 0 Å². The van der Waals surface area contributed by atoms with Crippen molar-refractivity contribution in [3.05, 3.63) is 59.7 Å². The summed E-state index contributed by atoms with van der Waals surface area (Å²) in [7, 11) is 3.91. The van der Waals surface area contributed by atoms with E-state index in [2.05, 4.69) is 34.9 Å². The molecule has 0 aromatic heterocycles. The van der Waals surface area contributed by atoms with Crippen LogP contribution < -0.4 is 20.1 Å². The van der Waals surface area contributed by atoms with Crippen LogP contribution in [0.15, 0.2) is 48.5 Å². The minimum atomic E-state index is 0.777. The molecule has 0 saturated heterocycles. The SMILES string of the molecule is CNCc1ccc(OCCCCCCOc2ccc(CNC)cc2)cc1. The first-order valence-electron chi connectivity index (χ1n) is 9.54. The Morgan fingerprint density at radius 2 is 0.962 bits per heavy atom. The molecule has 0 aliphatic rings. The van der Waals surface area contributed by atoms with Crippen LogP contribution in [0.25, 0.3) is 0 Å². The summed E-state index contributed by atoms with van der Waals surface area (Å²) < 4.78 is 11.6. The van der Waals surface area contributed by atoms with Gasteiger partial charge in [-0.15, -0.1) is 0 Å². The van der Waals surface area contributed by atoms with Crippen molar-refractivity contribution in [2.75, 3.05) is 27.3 Å². The average Bonchev–Trinajstić information content (AvgIpc) is 2.67. The highest BCUT2D eigenvalue weighted by Gasteiger charge is 1.98. The smallest absolute Gasteiger partial charge is 0.119 e. The highest BCUT2D eigenvalue weighted by Crippen LogP contribution is 2.14. The molecule has 0 heterocycles. The number of ether oxygens (including phenoxy) is 2. The Morgan fingerprint density at radius 3 is 1.31 bits per heavy atom. The molecule has 2 aromatic carbocycles. The molecule has 0 fully saturated rings. The first-order chi connectivity index (χ1) is 12.8. The second-order valence-electron chi connectivity index (χ2n) is 6.46. The zero-order valence-electron chi connectivity index (χ0n) is 16.1. The summed E-state index contributed by atoms with van der Waals surface area (Å²) >= 11 is 0. The zero-order chi connectivity index (χ0) is 18.5. The summed E-state index contributed by atoms with van der Waals surface area (Å²) in [5, 5.41) is 6.29. The molecule has 4 heteroatoms. The van der Waals surface area contributed by atoms with Crippen LogP contribution in [0.3, 0.4) is 0 Å². The molecule has 0 unspecified atom stereocenters. The van der Waals surface area contributed by atoms with Gasteiger partial charge >= 0.3 is 0 Å². The number of benzene rings is 2. The molecule has 0 amide bonds. The van der Waals surface area contributed by atoms with Gasteiger partial charge in [-0.1, -0.05) is 24.3 Å². The lowest BCUT2D eigenvalue weighted by Crippen LogP contribution is -2.05.